The van der Waals surface area contributed by atoms with Gasteiger partial charge in [-0.3, -0.25) is 9.36 Å². The molecule has 228 valence electrons. The van der Waals surface area contributed by atoms with Gasteiger partial charge < -0.3 is 14.2 Å². The standard InChI is InChI=1S/C31H23BrClF3N2O5S/c1-3-42-29(40)24-25(19-9-11-20(33)12-10-19)38-28(39)23(44-30(38)37-27(24)31(34,35)36)15-18-13-21(32)26(22(14-18)41-2)43-16-17-7-5-4-6-8-17/h4-15,25H,3,16H2,1-2H3/b23-15-/t25-/m0/s1. The second kappa shape index (κ2) is 13.0. The summed E-state index contributed by atoms with van der Waals surface area (Å²) in [5, 5.41) is 0.328. The third-order valence-electron chi connectivity index (χ3n) is 6.56. The number of hydrogen-bond donors (Lipinski definition) is 0. The first-order valence-corrected chi connectivity index (χ1v) is 15.1. The van der Waals surface area contributed by atoms with Crippen LogP contribution < -0.4 is 24.4 Å². The number of methoxy groups -OCH3 is 1. The summed E-state index contributed by atoms with van der Waals surface area (Å²) < 4.78 is 61.2. The molecule has 2 heterocycles. The number of rotatable bonds is 8. The number of nitrogens with zero attached hydrogens (tertiary/aromatic N) is 2. The maximum absolute atomic E-state index is 14.3. The SMILES string of the molecule is CCOC(=O)C1=C(C(F)(F)F)N=c2s/c(=C\c3cc(Br)c(OCc4ccccc4)c(OC)c3)c(=O)n2[C@H]1c1ccc(Cl)cc1. The molecule has 1 aromatic heterocycles. The van der Waals surface area contributed by atoms with Gasteiger partial charge in [0.15, 0.2) is 22.0 Å². The molecule has 0 unspecified atom stereocenters. The molecule has 0 saturated heterocycles. The molecule has 13 heteroatoms. The van der Waals surface area contributed by atoms with Gasteiger partial charge in [0.2, 0.25) is 0 Å². The fraction of sp³-hybridized carbons (Fsp3) is 0.194. The van der Waals surface area contributed by atoms with Gasteiger partial charge in [0.25, 0.3) is 5.56 Å². The molecule has 0 radical (unpaired) electrons. The average Bonchev–Trinajstić information content (AvgIpc) is 3.30. The fourth-order valence-corrected chi connectivity index (χ4v) is 6.35. The van der Waals surface area contributed by atoms with Crippen LogP contribution in [0.5, 0.6) is 11.5 Å². The average molecular weight is 708 g/mol. The molecule has 3 aromatic carbocycles. The number of alkyl halides is 3. The van der Waals surface area contributed by atoms with Crippen molar-refractivity contribution in [3.63, 3.8) is 0 Å². The first-order chi connectivity index (χ1) is 21.0. The highest BCUT2D eigenvalue weighted by atomic mass is 79.9. The van der Waals surface area contributed by atoms with E-state index < -0.39 is 35.0 Å². The molecule has 0 N–H and O–H groups in total. The molecule has 1 atom stereocenters. The molecule has 4 aromatic rings. The Morgan fingerprint density at radius 2 is 1.84 bits per heavy atom. The number of esters is 1. The van der Waals surface area contributed by atoms with Crippen molar-refractivity contribution in [2.24, 2.45) is 4.99 Å². The molecule has 0 fully saturated rings. The van der Waals surface area contributed by atoms with Gasteiger partial charge >= 0.3 is 12.1 Å². The van der Waals surface area contributed by atoms with Crippen LogP contribution in [0.25, 0.3) is 6.08 Å². The van der Waals surface area contributed by atoms with Crippen molar-refractivity contribution in [1.82, 2.24) is 4.57 Å². The van der Waals surface area contributed by atoms with E-state index in [2.05, 4.69) is 20.9 Å². The number of allylic oxidation sites excluding steroid dienone is 1. The molecule has 0 bridgehead atoms. The van der Waals surface area contributed by atoms with Gasteiger partial charge in [-0.2, -0.15) is 13.2 Å². The van der Waals surface area contributed by atoms with Crippen LogP contribution in [-0.4, -0.2) is 30.4 Å². The van der Waals surface area contributed by atoms with Crippen LogP contribution in [0.1, 0.15) is 29.7 Å². The van der Waals surface area contributed by atoms with Crippen molar-refractivity contribution in [3.05, 3.63) is 124 Å². The minimum Gasteiger partial charge on any atom is -0.493 e. The van der Waals surface area contributed by atoms with Gasteiger partial charge in [-0.25, -0.2) is 9.79 Å². The van der Waals surface area contributed by atoms with E-state index in [4.69, 9.17) is 25.8 Å². The van der Waals surface area contributed by atoms with E-state index in [-0.39, 0.29) is 28.1 Å². The van der Waals surface area contributed by atoms with E-state index in [1.807, 2.05) is 30.3 Å². The summed E-state index contributed by atoms with van der Waals surface area (Å²) in [5.74, 6) is -0.415. The van der Waals surface area contributed by atoms with E-state index in [0.29, 0.717) is 26.6 Å². The number of carbonyl (C=O) groups is 1. The maximum Gasteiger partial charge on any atom is 0.434 e. The molecule has 44 heavy (non-hydrogen) atoms. The van der Waals surface area contributed by atoms with E-state index in [0.717, 1.165) is 21.5 Å². The molecule has 7 nitrogen and oxygen atoms in total. The Bertz CT molecular complexity index is 1920. The predicted molar refractivity (Wildman–Crippen MR) is 164 cm³/mol. The summed E-state index contributed by atoms with van der Waals surface area (Å²) in [6.07, 6.45) is -3.49. The molecule has 5 rings (SSSR count). The zero-order chi connectivity index (χ0) is 31.6. The Morgan fingerprint density at radius 3 is 2.48 bits per heavy atom. The number of ether oxygens (including phenoxy) is 3. The molecule has 1 aliphatic heterocycles. The minimum atomic E-state index is -5.00. The molecule has 0 aliphatic carbocycles. The lowest BCUT2D eigenvalue weighted by atomic mass is 9.95. The smallest absolute Gasteiger partial charge is 0.434 e. The van der Waals surface area contributed by atoms with Crippen molar-refractivity contribution in [2.45, 2.75) is 25.7 Å². The third-order valence-corrected chi connectivity index (χ3v) is 8.38. The van der Waals surface area contributed by atoms with Gasteiger partial charge in [0, 0.05) is 5.02 Å². The Kier molecular flexibility index (Phi) is 9.33. The van der Waals surface area contributed by atoms with Crippen molar-refractivity contribution in [3.8, 4) is 11.5 Å². The Balaban J connectivity index is 1.65. The summed E-state index contributed by atoms with van der Waals surface area (Å²) in [6, 6.07) is 17.3. The molecular formula is C31H23BrClF3N2O5S. The number of thiazole rings is 1. The zero-order valence-electron chi connectivity index (χ0n) is 23.2. The van der Waals surface area contributed by atoms with Crippen LogP contribution in [-0.2, 0) is 16.1 Å². The van der Waals surface area contributed by atoms with Gasteiger partial charge in [-0.15, -0.1) is 0 Å². The van der Waals surface area contributed by atoms with E-state index in [1.165, 1.54) is 44.4 Å². The minimum absolute atomic E-state index is 0.0845. The van der Waals surface area contributed by atoms with Crippen LogP contribution >= 0.6 is 38.9 Å². The van der Waals surface area contributed by atoms with E-state index in [9.17, 15) is 22.8 Å². The lowest BCUT2D eigenvalue weighted by molar-refractivity contribution is -0.140. The fourth-order valence-electron chi connectivity index (χ4n) is 4.65. The first kappa shape index (κ1) is 31.6. The van der Waals surface area contributed by atoms with Gasteiger partial charge in [0.05, 0.1) is 34.3 Å². The van der Waals surface area contributed by atoms with E-state index >= 15 is 0 Å². The first-order valence-electron chi connectivity index (χ1n) is 13.1. The second-order valence-corrected chi connectivity index (χ2v) is 11.7. The van der Waals surface area contributed by atoms with Crippen LogP contribution in [0.2, 0.25) is 5.02 Å². The highest BCUT2D eigenvalue weighted by Crippen LogP contribution is 2.39. The van der Waals surface area contributed by atoms with Crippen LogP contribution in [0.3, 0.4) is 0 Å². The maximum atomic E-state index is 14.3. The molecule has 0 spiro atoms. The van der Waals surface area contributed by atoms with Crippen molar-refractivity contribution >= 4 is 50.9 Å². The van der Waals surface area contributed by atoms with Crippen LogP contribution in [0, 0.1) is 0 Å². The lowest BCUT2D eigenvalue weighted by Crippen LogP contribution is -2.41. The number of benzene rings is 3. The zero-order valence-corrected chi connectivity index (χ0v) is 26.3. The van der Waals surface area contributed by atoms with E-state index in [1.54, 1.807) is 12.1 Å². The van der Waals surface area contributed by atoms with Crippen LogP contribution in [0.15, 0.2) is 92.3 Å². The van der Waals surface area contributed by atoms with Gasteiger partial charge in [0.1, 0.15) is 6.61 Å². The van der Waals surface area contributed by atoms with Crippen molar-refractivity contribution < 1.29 is 32.2 Å². The van der Waals surface area contributed by atoms with Gasteiger partial charge in [-0.05, 0) is 69.9 Å². The van der Waals surface area contributed by atoms with Gasteiger partial charge in [-0.1, -0.05) is 65.4 Å². The number of fused-ring (bicyclic) bond motifs is 1. The summed E-state index contributed by atoms with van der Waals surface area (Å²) in [7, 11) is 1.47. The normalized spacial score (nSPS) is 15.1. The summed E-state index contributed by atoms with van der Waals surface area (Å²) >= 11 is 10.3. The summed E-state index contributed by atoms with van der Waals surface area (Å²) in [6.45, 7) is 1.58. The summed E-state index contributed by atoms with van der Waals surface area (Å²) in [5.41, 5.74) is -1.17. The number of aromatic nitrogens is 1. The Hall–Kier alpha value is -3.87. The monoisotopic (exact) mass is 706 g/mol. The highest BCUT2D eigenvalue weighted by Gasteiger charge is 2.45. The molecule has 0 saturated carbocycles. The highest BCUT2D eigenvalue weighted by molar-refractivity contribution is 9.10. The number of carbonyl (C=O) groups excluding carboxylic acids is 1. The lowest BCUT2D eigenvalue weighted by Gasteiger charge is -2.26. The molecule has 1 aliphatic rings. The molecule has 0 amide bonds. The van der Waals surface area contributed by atoms with Crippen LogP contribution in [0.4, 0.5) is 13.2 Å². The van der Waals surface area contributed by atoms with Crippen molar-refractivity contribution in [2.75, 3.05) is 13.7 Å². The third kappa shape index (κ3) is 6.47. The Morgan fingerprint density at radius 1 is 1.14 bits per heavy atom. The van der Waals surface area contributed by atoms with Crippen molar-refractivity contribution in [1.29, 1.82) is 0 Å². The quantitative estimate of drug-likeness (QED) is 0.200. The predicted octanol–water partition coefficient (Wildman–Crippen LogP) is 6.34. The Labute approximate surface area is 266 Å². The topological polar surface area (TPSA) is 79.1 Å². The summed E-state index contributed by atoms with van der Waals surface area (Å²) in [4.78, 5) is 30.4. The number of hydrogen-bond acceptors (Lipinski definition) is 7. The number of halogens is 5. The molecular weight excluding hydrogens is 685 g/mol. The largest absolute Gasteiger partial charge is 0.493 e. The second-order valence-electron chi connectivity index (χ2n) is 9.42.